The normalized spacial score (nSPS) is 10.5. The maximum atomic E-state index is 12.9. The van der Waals surface area contributed by atoms with Crippen LogP contribution in [0.25, 0.3) is 33.3 Å². The summed E-state index contributed by atoms with van der Waals surface area (Å²) in [6.45, 7) is 4.00. The van der Waals surface area contributed by atoms with Gasteiger partial charge in [-0.2, -0.15) is 0 Å². The monoisotopic (exact) mass is 294 g/mol. The number of aromatic nitrogens is 4. The van der Waals surface area contributed by atoms with E-state index in [0.29, 0.717) is 11.4 Å². The Hall–Kier alpha value is -2.82. The molecule has 0 radical (unpaired) electrons. The summed E-state index contributed by atoms with van der Waals surface area (Å²) in [4.78, 5) is 16.0. The minimum absolute atomic E-state index is 0.355. The summed E-state index contributed by atoms with van der Waals surface area (Å²) in [6.07, 6.45) is 4.74. The molecular formula is C17H15FN4. The first kappa shape index (κ1) is 14.1. The van der Waals surface area contributed by atoms with Crippen LogP contribution in [0.15, 0.2) is 48.9 Å². The van der Waals surface area contributed by atoms with Gasteiger partial charge in [0.1, 0.15) is 11.5 Å². The third kappa shape index (κ3) is 2.41. The van der Waals surface area contributed by atoms with Crippen molar-refractivity contribution in [2.24, 2.45) is 0 Å². The second-order valence-electron chi connectivity index (χ2n) is 4.50. The molecule has 110 valence electrons. The molecule has 0 atom stereocenters. The Morgan fingerprint density at radius 1 is 0.909 bits per heavy atom. The fourth-order valence-electron chi connectivity index (χ4n) is 2.29. The quantitative estimate of drug-likeness (QED) is 0.568. The van der Waals surface area contributed by atoms with Crippen molar-refractivity contribution in [3.05, 3.63) is 54.7 Å². The summed E-state index contributed by atoms with van der Waals surface area (Å²) in [6, 6.07) is 8.76. The SMILES string of the molecule is CC.Fc1ccc(-c2ccc3c(n2)[nH]c2ccncc23)nc1. The summed E-state index contributed by atoms with van der Waals surface area (Å²) >= 11 is 0. The van der Waals surface area contributed by atoms with Crippen LogP contribution in [0.5, 0.6) is 0 Å². The van der Waals surface area contributed by atoms with Gasteiger partial charge in [0.25, 0.3) is 0 Å². The van der Waals surface area contributed by atoms with E-state index < -0.39 is 0 Å². The number of halogens is 1. The van der Waals surface area contributed by atoms with Gasteiger partial charge in [-0.05, 0) is 30.3 Å². The predicted octanol–water partition coefficient (Wildman–Crippen LogP) is 4.34. The zero-order valence-corrected chi connectivity index (χ0v) is 12.3. The van der Waals surface area contributed by atoms with Crippen LogP contribution >= 0.6 is 0 Å². The molecule has 5 heteroatoms. The van der Waals surface area contributed by atoms with Crippen LogP contribution in [0.4, 0.5) is 4.39 Å². The van der Waals surface area contributed by atoms with Crippen molar-refractivity contribution in [2.75, 3.05) is 0 Å². The van der Waals surface area contributed by atoms with Gasteiger partial charge in [-0.1, -0.05) is 13.8 Å². The van der Waals surface area contributed by atoms with E-state index in [0.717, 1.165) is 21.9 Å². The van der Waals surface area contributed by atoms with E-state index in [9.17, 15) is 4.39 Å². The number of nitrogens with zero attached hydrogens (tertiary/aromatic N) is 3. The molecule has 1 N–H and O–H groups in total. The standard InChI is InChI=1S/C15H9FN4.C2H6/c16-9-1-3-13(18-7-9)14-4-2-10-11-8-17-6-5-12(11)19-15(10)20-14;1-2/h1-8H,(H,19,20);1-2H3. The third-order valence-corrected chi connectivity index (χ3v) is 3.25. The number of pyridine rings is 3. The maximum absolute atomic E-state index is 12.9. The lowest BCUT2D eigenvalue weighted by atomic mass is 10.2. The van der Waals surface area contributed by atoms with Crippen molar-refractivity contribution < 1.29 is 4.39 Å². The van der Waals surface area contributed by atoms with Crippen LogP contribution < -0.4 is 0 Å². The van der Waals surface area contributed by atoms with E-state index in [1.165, 1.54) is 12.3 Å². The highest BCUT2D eigenvalue weighted by atomic mass is 19.1. The van der Waals surface area contributed by atoms with Gasteiger partial charge in [-0.3, -0.25) is 9.97 Å². The van der Waals surface area contributed by atoms with Crippen LogP contribution in [-0.2, 0) is 0 Å². The lowest BCUT2D eigenvalue weighted by Crippen LogP contribution is -1.88. The minimum Gasteiger partial charge on any atom is -0.339 e. The Labute approximate surface area is 127 Å². The van der Waals surface area contributed by atoms with Crippen LogP contribution in [-0.4, -0.2) is 19.9 Å². The molecule has 4 aromatic heterocycles. The molecule has 4 aromatic rings. The largest absolute Gasteiger partial charge is 0.339 e. The highest BCUT2D eigenvalue weighted by Crippen LogP contribution is 2.25. The molecule has 0 bridgehead atoms. The van der Waals surface area contributed by atoms with Crippen molar-refractivity contribution in [3.8, 4) is 11.4 Å². The molecule has 0 saturated heterocycles. The lowest BCUT2D eigenvalue weighted by Gasteiger charge is -1.99. The van der Waals surface area contributed by atoms with Gasteiger partial charge in [0.2, 0.25) is 0 Å². The van der Waals surface area contributed by atoms with Gasteiger partial charge < -0.3 is 4.98 Å². The molecule has 0 fully saturated rings. The van der Waals surface area contributed by atoms with Crippen LogP contribution in [0, 0.1) is 5.82 Å². The first-order valence-corrected chi connectivity index (χ1v) is 7.16. The highest BCUT2D eigenvalue weighted by Gasteiger charge is 2.08. The van der Waals surface area contributed by atoms with Crippen LogP contribution in [0.2, 0.25) is 0 Å². The molecule has 0 unspecified atom stereocenters. The first-order chi connectivity index (χ1) is 10.8. The van der Waals surface area contributed by atoms with Crippen molar-refractivity contribution in [2.45, 2.75) is 13.8 Å². The summed E-state index contributed by atoms with van der Waals surface area (Å²) in [5.74, 6) is -0.355. The molecule has 0 amide bonds. The fraction of sp³-hybridized carbons (Fsp3) is 0.118. The summed E-state index contributed by atoms with van der Waals surface area (Å²) in [5.41, 5.74) is 3.12. The number of H-pyrrole nitrogens is 1. The predicted molar refractivity (Wildman–Crippen MR) is 85.9 cm³/mol. The van der Waals surface area contributed by atoms with E-state index in [1.807, 2.05) is 38.2 Å². The summed E-state index contributed by atoms with van der Waals surface area (Å²) in [7, 11) is 0. The Morgan fingerprint density at radius 2 is 1.73 bits per heavy atom. The maximum Gasteiger partial charge on any atom is 0.141 e. The molecular weight excluding hydrogens is 279 g/mol. The summed E-state index contributed by atoms with van der Waals surface area (Å²) in [5, 5.41) is 2.05. The van der Waals surface area contributed by atoms with Crippen LogP contribution in [0.3, 0.4) is 0 Å². The van der Waals surface area contributed by atoms with Crippen LogP contribution in [0.1, 0.15) is 13.8 Å². The molecule has 0 saturated carbocycles. The molecule has 0 aliphatic carbocycles. The van der Waals surface area contributed by atoms with Crippen molar-refractivity contribution in [3.63, 3.8) is 0 Å². The molecule has 4 nitrogen and oxygen atoms in total. The second kappa shape index (κ2) is 5.89. The second-order valence-corrected chi connectivity index (χ2v) is 4.50. The van der Waals surface area contributed by atoms with Gasteiger partial charge in [-0.15, -0.1) is 0 Å². The van der Waals surface area contributed by atoms with E-state index in [4.69, 9.17) is 0 Å². The number of hydrogen-bond acceptors (Lipinski definition) is 3. The smallest absolute Gasteiger partial charge is 0.141 e. The van der Waals surface area contributed by atoms with Gasteiger partial charge in [0.15, 0.2) is 0 Å². The third-order valence-electron chi connectivity index (χ3n) is 3.25. The van der Waals surface area contributed by atoms with E-state index >= 15 is 0 Å². The van der Waals surface area contributed by atoms with Crippen molar-refractivity contribution in [1.29, 1.82) is 0 Å². The Bertz CT molecular complexity index is 913. The van der Waals surface area contributed by atoms with Gasteiger partial charge in [0, 0.05) is 23.2 Å². The van der Waals surface area contributed by atoms with Gasteiger partial charge in [0.05, 0.1) is 23.1 Å². The number of nitrogens with one attached hydrogen (secondary N) is 1. The Kier molecular flexibility index (Phi) is 3.78. The molecule has 0 aliphatic rings. The minimum atomic E-state index is -0.355. The van der Waals surface area contributed by atoms with E-state index in [-0.39, 0.29) is 5.82 Å². The molecule has 0 aromatic carbocycles. The number of aromatic amines is 1. The number of fused-ring (bicyclic) bond motifs is 3. The van der Waals surface area contributed by atoms with Gasteiger partial charge in [-0.25, -0.2) is 9.37 Å². The molecule has 0 spiro atoms. The zero-order chi connectivity index (χ0) is 15.5. The number of rotatable bonds is 1. The van der Waals surface area contributed by atoms with Gasteiger partial charge >= 0.3 is 0 Å². The topological polar surface area (TPSA) is 54.5 Å². The lowest BCUT2D eigenvalue weighted by molar-refractivity contribution is 0.622. The zero-order valence-electron chi connectivity index (χ0n) is 12.3. The van der Waals surface area contributed by atoms with E-state index in [2.05, 4.69) is 19.9 Å². The molecule has 0 aliphatic heterocycles. The Balaban J connectivity index is 0.000000693. The number of hydrogen-bond donors (Lipinski definition) is 1. The molecule has 4 rings (SSSR count). The average Bonchev–Trinajstić information content (AvgIpc) is 2.95. The highest BCUT2D eigenvalue weighted by molar-refractivity contribution is 6.05. The van der Waals surface area contributed by atoms with Crippen molar-refractivity contribution >= 4 is 21.9 Å². The average molecular weight is 294 g/mol. The molecule has 4 heterocycles. The Morgan fingerprint density at radius 3 is 2.50 bits per heavy atom. The fourth-order valence-corrected chi connectivity index (χ4v) is 2.29. The first-order valence-electron chi connectivity index (χ1n) is 7.16. The van der Waals surface area contributed by atoms with E-state index in [1.54, 1.807) is 12.3 Å². The van der Waals surface area contributed by atoms with Crippen molar-refractivity contribution in [1.82, 2.24) is 19.9 Å². The summed E-state index contributed by atoms with van der Waals surface area (Å²) < 4.78 is 12.9. The molecule has 22 heavy (non-hydrogen) atoms.